The van der Waals surface area contributed by atoms with Gasteiger partial charge >= 0.3 is 8.60 Å². The molecule has 0 saturated heterocycles. The molecule has 2 N–H and O–H groups in total. The molecule has 1 atom stereocenters. The van der Waals surface area contributed by atoms with Gasteiger partial charge in [-0.05, 0) is 0 Å². The molecule has 0 aliphatic rings. The minimum absolute atomic E-state index is 0.0277. The van der Waals surface area contributed by atoms with Gasteiger partial charge in [0.05, 0.1) is 13.2 Å². The highest BCUT2D eigenvalue weighted by molar-refractivity contribution is 7.40. The summed E-state index contributed by atoms with van der Waals surface area (Å²) < 4.78 is 9.39. The summed E-state index contributed by atoms with van der Waals surface area (Å²) in [5.41, 5.74) is -0.318. The van der Waals surface area contributed by atoms with E-state index < -0.39 is 8.60 Å². The maximum Gasteiger partial charge on any atom is 0.329 e. The molecule has 68 valence electrons. The molecule has 0 saturated carbocycles. The Hall–Kier alpha value is 0.270. The topological polar surface area (TPSA) is 58.9 Å². The lowest BCUT2D eigenvalue weighted by Gasteiger charge is -2.21. The van der Waals surface area contributed by atoms with E-state index in [0.717, 1.165) is 0 Å². The number of aliphatic hydroxyl groups is 1. The van der Waals surface area contributed by atoms with Gasteiger partial charge in [0, 0.05) is 12.5 Å². The van der Waals surface area contributed by atoms with E-state index >= 15 is 0 Å². The molecule has 0 aromatic heterocycles. The number of hydrogen-bond acceptors (Lipinski definition) is 4. The fourth-order valence-electron chi connectivity index (χ4n) is 0.328. The van der Waals surface area contributed by atoms with Gasteiger partial charge in [-0.25, -0.2) is 0 Å². The summed E-state index contributed by atoms with van der Waals surface area (Å²) >= 11 is 0. The number of hydrogen-bond donors (Lipinski definition) is 2. The summed E-state index contributed by atoms with van der Waals surface area (Å²) in [6.07, 6.45) is 0. The average molecular weight is 182 g/mol. The molecule has 0 rings (SSSR count). The van der Waals surface area contributed by atoms with Crippen LogP contribution in [-0.2, 0) is 9.05 Å². The van der Waals surface area contributed by atoms with Gasteiger partial charge in [0.2, 0.25) is 0 Å². The van der Waals surface area contributed by atoms with Crippen molar-refractivity contribution in [2.45, 2.75) is 13.8 Å². The molecule has 11 heavy (non-hydrogen) atoms. The Morgan fingerprint density at radius 2 is 2.00 bits per heavy atom. The molecule has 0 aliphatic heterocycles. The summed E-state index contributed by atoms with van der Waals surface area (Å²) in [4.78, 5) is 8.86. The third kappa shape index (κ3) is 5.53. The minimum atomic E-state index is -1.76. The SMILES string of the molecule is COP(O)OCC(C)(C)CO. The lowest BCUT2D eigenvalue weighted by atomic mass is 9.97. The van der Waals surface area contributed by atoms with Crippen LogP contribution in [0.5, 0.6) is 0 Å². The highest BCUT2D eigenvalue weighted by atomic mass is 31.2. The number of aliphatic hydroxyl groups excluding tert-OH is 1. The van der Waals surface area contributed by atoms with E-state index in [1.807, 2.05) is 13.8 Å². The van der Waals surface area contributed by atoms with Gasteiger partial charge < -0.3 is 19.0 Å². The molecular formula is C6H15O4P. The minimum Gasteiger partial charge on any atom is -0.396 e. The largest absolute Gasteiger partial charge is 0.396 e. The first kappa shape index (κ1) is 11.3. The van der Waals surface area contributed by atoms with Crippen LogP contribution in [0.15, 0.2) is 0 Å². The Morgan fingerprint density at radius 1 is 1.45 bits per heavy atom. The zero-order valence-corrected chi connectivity index (χ0v) is 7.97. The molecule has 0 fully saturated rings. The summed E-state index contributed by atoms with van der Waals surface area (Å²) in [7, 11) is -0.387. The van der Waals surface area contributed by atoms with Crippen molar-refractivity contribution in [2.24, 2.45) is 5.41 Å². The highest BCUT2D eigenvalue weighted by Crippen LogP contribution is 2.33. The van der Waals surface area contributed by atoms with Crippen LogP contribution in [0.1, 0.15) is 13.8 Å². The van der Waals surface area contributed by atoms with Crippen molar-refractivity contribution in [3.63, 3.8) is 0 Å². The van der Waals surface area contributed by atoms with Crippen LogP contribution >= 0.6 is 8.60 Å². The van der Waals surface area contributed by atoms with Gasteiger partial charge in [-0.1, -0.05) is 13.8 Å². The van der Waals surface area contributed by atoms with Crippen molar-refractivity contribution < 1.29 is 19.0 Å². The normalized spacial score (nSPS) is 15.0. The van der Waals surface area contributed by atoms with Gasteiger partial charge in [0.25, 0.3) is 0 Å². The van der Waals surface area contributed by atoms with Crippen LogP contribution in [-0.4, -0.2) is 30.3 Å². The first-order valence-electron chi connectivity index (χ1n) is 3.29. The van der Waals surface area contributed by atoms with Crippen LogP contribution < -0.4 is 0 Å². The Kier molecular flexibility index (Phi) is 5.13. The number of rotatable bonds is 5. The quantitative estimate of drug-likeness (QED) is 0.620. The summed E-state index contributed by atoms with van der Waals surface area (Å²) in [6.45, 7) is 4.00. The van der Waals surface area contributed by atoms with Crippen molar-refractivity contribution in [3.05, 3.63) is 0 Å². The zero-order valence-electron chi connectivity index (χ0n) is 7.07. The van der Waals surface area contributed by atoms with E-state index in [-0.39, 0.29) is 12.0 Å². The van der Waals surface area contributed by atoms with Crippen molar-refractivity contribution in [1.82, 2.24) is 0 Å². The van der Waals surface area contributed by atoms with Crippen molar-refractivity contribution in [1.29, 1.82) is 0 Å². The monoisotopic (exact) mass is 182 g/mol. The van der Waals surface area contributed by atoms with E-state index in [4.69, 9.17) is 14.5 Å². The van der Waals surface area contributed by atoms with E-state index in [0.29, 0.717) is 6.61 Å². The molecule has 0 bridgehead atoms. The van der Waals surface area contributed by atoms with Gasteiger partial charge in [0.15, 0.2) is 0 Å². The molecule has 0 aromatic rings. The summed E-state index contributed by atoms with van der Waals surface area (Å²) in [5.74, 6) is 0. The van der Waals surface area contributed by atoms with Crippen molar-refractivity contribution in [2.75, 3.05) is 20.3 Å². The van der Waals surface area contributed by atoms with Crippen LogP contribution in [0.2, 0.25) is 0 Å². The van der Waals surface area contributed by atoms with E-state index in [9.17, 15) is 0 Å². The molecule has 0 aliphatic carbocycles. The molecule has 0 aromatic carbocycles. The van der Waals surface area contributed by atoms with Crippen LogP contribution in [0.4, 0.5) is 0 Å². The molecule has 1 unspecified atom stereocenters. The van der Waals surface area contributed by atoms with E-state index in [1.54, 1.807) is 0 Å². The van der Waals surface area contributed by atoms with Crippen molar-refractivity contribution >= 4 is 8.60 Å². The fraction of sp³-hybridized carbons (Fsp3) is 1.00. The van der Waals surface area contributed by atoms with Gasteiger partial charge in [0.1, 0.15) is 0 Å². The third-order valence-corrected chi connectivity index (χ3v) is 1.81. The maximum absolute atomic E-state index is 8.86. The molecule has 5 heteroatoms. The second-order valence-corrected chi connectivity index (χ2v) is 4.12. The van der Waals surface area contributed by atoms with Gasteiger partial charge in [-0.3, -0.25) is 0 Å². The predicted molar refractivity (Wildman–Crippen MR) is 43.0 cm³/mol. The Morgan fingerprint density at radius 3 is 2.36 bits per heavy atom. The molecular weight excluding hydrogens is 167 g/mol. The predicted octanol–water partition coefficient (Wildman–Crippen LogP) is 0.887. The first-order valence-corrected chi connectivity index (χ1v) is 4.42. The maximum atomic E-state index is 8.86. The Labute approximate surface area is 68.1 Å². The van der Waals surface area contributed by atoms with Crippen LogP contribution in [0.3, 0.4) is 0 Å². The standard InChI is InChI=1S/C6H15O4P/c1-6(2,4-7)5-10-11(8)9-3/h7-8H,4-5H2,1-3H3. The van der Waals surface area contributed by atoms with E-state index in [1.165, 1.54) is 7.11 Å². The fourth-order valence-corrected chi connectivity index (χ4v) is 0.894. The molecule has 0 spiro atoms. The van der Waals surface area contributed by atoms with Crippen molar-refractivity contribution in [3.8, 4) is 0 Å². The van der Waals surface area contributed by atoms with E-state index in [2.05, 4.69) is 4.52 Å². The average Bonchev–Trinajstić information content (AvgIpc) is 2.00. The van der Waals surface area contributed by atoms with Crippen LogP contribution in [0, 0.1) is 5.41 Å². The molecule has 0 heterocycles. The smallest absolute Gasteiger partial charge is 0.329 e. The first-order chi connectivity index (χ1) is 5.02. The lowest BCUT2D eigenvalue weighted by molar-refractivity contribution is 0.0866. The summed E-state index contributed by atoms with van der Waals surface area (Å²) in [6, 6.07) is 0. The van der Waals surface area contributed by atoms with Gasteiger partial charge in [-0.15, -0.1) is 0 Å². The zero-order chi connectivity index (χ0) is 8.91. The molecule has 0 radical (unpaired) electrons. The lowest BCUT2D eigenvalue weighted by Crippen LogP contribution is -2.22. The van der Waals surface area contributed by atoms with Gasteiger partial charge in [-0.2, -0.15) is 0 Å². The molecule has 0 amide bonds. The Balaban J connectivity index is 3.52. The third-order valence-electron chi connectivity index (χ3n) is 1.15. The molecule has 4 nitrogen and oxygen atoms in total. The summed E-state index contributed by atoms with van der Waals surface area (Å²) in [5, 5.41) is 8.78. The van der Waals surface area contributed by atoms with Crippen LogP contribution in [0.25, 0.3) is 0 Å². The second-order valence-electron chi connectivity index (χ2n) is 3.02. The second kappa shape index (κ2) is 5.01. The highest BCUT2D eigenvalue weighted by Gasteiger charge is 2.19. The Bertz CT molecular complexity index is 107.